The number of amides is 2. The van der Waals surface area contributed by atoms with Crippen molar-refractivity contribution in [2.45, 2.75) is 20.8 Å². The van der Waals surface area contributed by atoms with Gasteiger partial charge in [0.05, 0.1) is 7.11 Å². The third-order valence-electron chi connectivity index (χ3n) is 4.66. The average Bonchev–Trinajstić information content (AvgIpc) is 2.68. The SMILES string of the molecule is COc1ccc(NC(=O)c2ccc(NC(=O)c3c(C)cc(C)cc3C)cc2)cc1. The fourth-order valence-corrected chi connectivity index (χ4v) is 3.31. The molecular weight excluding hydrogens is 364 g/mol. The zero-order valence-corrected chi connectivity index (χ0v) is 17.0. The number of anilines is 2. The highest BCUT2D eigenvalue weighted by atomic mass is 16.5. The highest BCUT2D eigenvalue weighted by molar-refractivity contribution is 6.07. The van der Waals surface area contributed by atoms with Gasteiger partial charge in [-0.05, 0) is 80.4 Å². The molecule has 0 aliphatic carbocycles. The summed E-state index contributed by atoms with van der Waals surface area (Å²) in [6.07, 6.45) is 0. The maximum absolute atomic E-state index is 12.7. The number of aryl methyl sites for hydroxylation is 3. The molecule has 29 heavy (non-hydrogen) atoms. The molecular formula is C24H24N2O3. The minimum Gasteiger partial charge on any atom is -0.497 e. The molecule has 0 bridgehead atoms. The predicted molar refractivity (Wildman–Crippen MR) is 116 cm³/mol. The van der Waals surface area contributed by atoms with Crippen LogP contribution >= 0.6 is 0 Å². The number of hydrogen-bond donors (Lipinski definition) is 2. The lowest BCUT2D eigenvalue weighted by molar-refractivity contribution is 0.101. The van der Waals surface area contributed by atoms with E-state index in [9.17, 15) is 9.59 Å². The van der Waals surface area contributed by atoms with E-state index < -0.39 is 0 Å². The van der Waals surface area contributed by atoms with E-state index in [2.05, 4.69) is 10.6 Å². The van der Waals surface area contributed by atoms with E-state index in [-0.39, 0.29) is 11.8 Å². The van der Waals surface area contributed by atoms with E-state index in [1.165, 1.54) is 0 Å². The fourth-order valence-electron chi connectivity index (χ4n) is 3.31. The topological polar surface area (TPSA) is 67.4 Å². The van der Waals surface area contributed by atoms with Gasteiger partial charge in [0.1, 0.15) is 5.75 Å². The minimum absolute atomic E-state index is 0.157. The second-order valence-corrected chi connectivity index (χ2v) is 6.99. The van der Waals surface area contributed by atoms with Gasteiger partial charge in [-0.25, -0.2) is 0 Å². The molecule has 0 heterocycles. The van der Waals surface area contributed by atoms with E-state index in [0.29, 0.717) is 22.5 Å². The third kappa shape index (κ3) is 4.82. The van der Waals surface area contributed by atoms with Crippen molar-refractivity contribution >= 4 is 23.2 Å². The number of methoxy groups -OCH3 is 1. The minimum atomic E-state index is -0.224. The number of carbonyl (C=O) groups excluding carboxylic acids is 2. The molecule has 5 nitrogen and oxygen atoms in total. The van der Waals surface area contributed by atoms with Crippen LogP contribution in [0.2, 0.25) is 0 Å². The van der Waals surface area contributed by atoms with Gasteiger partial charge in [-0.3, -0.25) is 9.59 Å². The highest BCUT2D eigenvalue weighted by Gasteiger charge is 2.13. The van der Waals surface area contributed by atoms with Crippen LogP contribution in [0.5, 0.6) is 5.75 Å². The quantitative estimate of drug-likeness (QED) is 0.637. The van der Waals surface area contributed by atoms with Gasteiger partial charge < -0.3 is 15.4 Å². The molecule has 0 atom stereocenters. The van der Waals surface area contributed by atoms with Crippen LogP contribution in [0.1, 0.15) is 37.4 Å². The van der Waals surface area contributed by atoms with E-state index in [1.54, 1.807) is 55.6 Å². The first-order valence-electron chi connectivity index (χ1n) is 9.32. The van der Waals surface area contributed by atoms with Crippen LogP contribution in [-0.4, -0.2) is 18.9 Å². The van der Waals surface area contributed by atoms with E-state index in [4.69, 9.17) is 4.74 Å². The van der Waals surface area contributed by atoms with Gasteiger partial charge in [-0.15, -0.1) is 0 Å². The van der Waals surface area contributed by atoms with Crippen LogP contribution < -0.4 is 15.4 Å². The molecule has 0 saturated carbocycles. The van der Waals surface area contributed by atoms with Crippen molar-refractivity contribution in [1.29, 1.82) is 0 Å². The van der Waals surface area contributed by atoms with Crippen LogP contribution in [0.4, 0.5) is 11.4 Å². The Kier molecular flexibility index (Phi) is 5.98. The fraction of sp³-hybridized carbons (Fsp3) is 0.167. The largest absolute Gasteiger partial charge is 0.497 e. The summed E-state index contributed by atoms with van der Waals surface area (Å²) >= 11 is 0. The highest BCUT2D eigenvalue weighted by Crippen LogP contribution is 2.20. The van der Waals surface area contributed by atoms with Gasteiger partial charge >= 0.3 is 0 Å². The smallest absolute Gasteiger partial charge is 0.256 e. The van der Waals surface area contributed by atoms with Crippen LogP contribution in [-0.2, 0) is 0 Å². The first-order valence-corrected chi connectivity index (χ1v) is 9.32. The molecule has 0 aromatic heterocycles. The van der Waals surface area contributed by atoms with Crippen molar-refractivity contribution in [1.82, 2.24) is 0 Å². The van der Waals surface area contributed by atoms with Crippen molar-refractivity contribution in [3.63, 3.8) is 0 Å². The van der Waals surface area contributed by atoms with Gasteiger partial charge in [-0.2, -0.15) is 0 Å². The summed E-state index contributed by atoms with van der Waals surface area (Å²) in [5.74, 6) is 0.343. The van der Waals surface area contributed by atoms with E-state index >= 15 is 0 Å². The van der Waals surface area contributed by atoms with Gasteiger partial charge in [0.2, 0.25) is 0 Å². The molecule has 0 aliphatic rings. The Morgan fingerprint density at radius 3 is 1.72 bits per heavy atom. The molecule has 5 heteroatoms. The molecule has 2 amide bonds. The van der Waals surface area contributed by atoms with Gasteiger partial charge in [-0.1, -0.05) is 17.7 Å². The summed E-state index contributed by atoms with van der Waals surface area (Å²) < 4.78 is 5.11. The molecule has 0 saturated heterocycles. The number of benzene rings is 3. The summed E-state index contributed by atoms with van der Waals surface area (Å²) in [6, 6.07) is 17.9. The van der Waals surface area contributed by atoms with Crippen molar-refractivity contribution < 1.29 is 14.3 Å². The zero-order chi connectivity index (χ0) is 21.0. The van der Waals surface area contributed by atoms with Crippen LogP contribution in [0, 0.1) is 20.8 Å². The first-order chi connectivity index (χ1) is 13.9. The summed E-state index contributed by atoms with van der Waals surface area (Å²) in [4.78, 5) is 25.1. The normalized spacial score (nSPS) is 10.3. The molecule has 3 aromatic rings. The average molecular weight is 388 g/mol. The second kappa shape index (κ2) is 8.61. The van der Waals surface area contributed by atoms with Gasteiger partial charge in [0.25, 0.3) is 11.8 Å². The lowest BCUT2D eigenvalue weighted by atomic mass is 9.99. The van der Waals surface area contributed by atoms with E-state index in [0.717, 1.165) is 22.4 Å². The lowest BCUT2D eigenvalue weighted by Crippen LogP contribution is -2.16. The van der Waals surface area contributed by atoms with Crippen LogP contribution in [0.25, 0.3) is 0 Å². The molecule has 148 valence electrons. The first kappa shape index (κ1) is 20.1. The Labute approximate surface area is 170 Å². The van der Waals surface area contributed by atoms with Gasteiger partial charge in [0.15, 0.2) is 0 Å². The van der Waals surface area contributed by atoms with E-state index in [1.807, 2.05) is 32.9 Å². The summed E-state index contributed by atoms with van der Waals surface area (Å²) in [5.41, 5.74) is 5.50. The van der Waals surface area contributed by atoms with Crippen molar-refractivity contribution in [2.75, 3.05) is 17.7 Å². The Hall–Kier alpha value is -3.60. The maximum Gasteiger partial charge on any atom is 0.256 e. The number of hydrogen-bond acceptors (Lipinski definition) is 3. The monoisotopic (exact) mass is 388 g/mol. The number of ether oxygens (including phenoxy) is 1. The van der Waals surface area contributed by atoms with Gasteiger partial charge in [0, 0.05) is 22.5 Å². The standard InChI is InChI=1S/C24H24N2O3/c1-15-13-16(2)22(17(3)14-15)24(28)26-19-7-5-18(6-8-19)23(27)25-20-9-11-21(29-4)12-10-20/h5-14H,1-4H3,(H,25,27)(H,26,28). The maximum atomic E-state index is 12.7. The Balaban J connectivity index is 1.68. The molecule has 0 radical (unpaired) electrons. The Bertz CT molecular complexity index is 1020. The summed E-state index contributed by atoms with van der Waals surface area (Å²) in [7, 11) is 1.59. The lowest BCUT2D eigenvalue weighted by Gasteiger charge is -2.12. The predicted octanol–water partition coefficient (Wildman–Crippen LogP) is 5.13. The third-order valence-corrected chi connectivity index (χ3v) is 4.66. The van der Waals surface area contributed by atoms with Crippen molar-refractivity contribution in [3.05, 3.63) is 88.5 Å². The second-order valence-electron chi connectivity index (χ2n) is 6.99. The van der Waals surface area contributed by atoms with Crippen molar-refractivity contribution in [3.8, 4) is 5.75 Å². The summed E-state index contributed by atoms with van der Waals surface area (Å²) in [5, 5.41) is 5.74. The number of rotatable bonds is 5. The van der Waals surface area contributed by atoms with Crippen LogP contribution in [0.3, 0.4) is 0 Å². The molecule has 0 unspecified atom stereocenters. The molecule has 3 rings (SSSR count). The number of nitrogens with one attached hydrogen (secondary N) is 2. The summed E-state index contributed by atoms with van der Waals surface area (Å²) in [6.45, 7) is 5.88. The molecule has 0 aliphatic heterocycles. The molecule has 2 N–H and O–H groups in total. The Morgan fingerprint density at radius 2 is 1.21 bits per heavy atom. The van der Waals surface area contributed by atoms with Crippen molar-refractivity contribution in [2.24, 2.45) is 0 Å². The Morgan fingerprint density at radius 1 is 0.724 bits per heavy atom. The number of carbonyl (C=O) groups is 2. The molecule has 0 fully saturated rings. The van der Waals surface area contributed by atoms with Crippen LogP contribution in [0.15, 0.2) is 60.7 Å². The zero-order valence-electron chi connectivity index (χ0n) is 17.0. The molecule has 3 aromatic carbocycles. The molecule has 0 spiro atoms.